The predicted molar refractivity (Wildman–Crippen MR) is 141 cm³/mol. The van der Waals surface area contributed by atoms with Gasteiger partial charge in [-0.25, -0.2) is 9.98 Å². The van der Waals surface area contributed by atoms with E-state index in [-0.39, 0.29) is 0 Å². The monoisotopic (exact) mass is 521 g/mol. The molecule has 4 nitrogen and oxygen atoms in total. The van der Waals surface area contributed by atoms with E-state index in [0.717, 1.165) is 22.7 Å². The van der Waals surface area contributed by atoms with Crippen molar-refractivity contribution in [2.45, 2.75) is 0 Å². The number of aliphatic imine (C=N–C) groups is 2. The van der Waals surface area contributed by atoms with Gasteiger partial charge in [-0.05, 0) is 48.5 Å². The summed E-state index contributed by atoms with van der Waals surface area (Å²) in [6, 6.07) is 39.6. The van der Waals surface area contributed by atoms with Gasteiger partial charge in [-0.2, -0.15) is 0 Å². The van der Waals surface area contributed by atoms with Crippen LogP contribution in [0.3, 0.4) is 0 Å². The second-order valence-electron chi connectivity index (χ2n) is 6.26. The van der Waals surface area contributed by atoms with Crippen LogP contribution < -0.4 is 10.6 Å². The molecule has 0 aliphatic rings. The van der Waals surface area contributed by atoms with E-state index >= 15 is 0 Å². The average molecular weight is 522 g/mol. The van der Waals surface area contributed by atoms with Crippen LogP contribution in [0.15, 0.2) is 131 Å². The number of anilines is 2. The van der Waals surface area contributed by atoms with Crippen molar-refractivity contribution >= 4 is 55.7 Å². The van der Waals surface area contributed by atoms with Crippen molar-refractivity contribution in [1.82, 2.24) is 0 Å². The molecule has 33 heavy (non-hydrogen) atoms. The SMILES string of the molecule is C(=Nc1ccccc1)Nc1ccccc1.C(=Nc1ccccc1)Nc1ccccc1.[Cl][Co][Cl]. The van der Waals surface area contributed by atoms with E-state index in [1.165, 1.54) is 0 Å². The van der Waals surface area contributed by atoms with E-state index in [2.05, 4.69) is 20.6 Å². The molecule has 4 aromatic carbocycles. The van der Waals surface area contributed by atoms with Crippen LogP contribution in [-0.2, 0) is 12.9 Å². The van der Waals surface area contributed by atoms with Crippen LogP contribution in [-0.4, -0.2) is 12.7 Å². The van der Waals surface area contributed by atoms with Crippen LogP contribution in [0, 0.1) is 0 Å². The summed E-state index contributed by atoms with van der Waals surface area (Å²) >= 11 is 0.382. The summed E-state index contributed by atoms with van der Waals surface area (Å²) in [6.45, 7) is 0. The second-order valence-corrected chi connectivity index (χ2v) is 7.98. The molecule has 0 fully saturated rings. The molecule has 4 aromatic rings. The minimum atomic E-state index is 0.382. The Bertz CT molecular complexity index is 962. The van der Waals surface area contributed by atoms with Crippen LogP contribution in [0.25, 0.3) is 0 Å². The standard InChI is InChI=1S/2C13H12N2.2ClH.Co/c2*1-3-7-12(8-4-1)14-11-15-13-9-5-2-6-10-13;;;/h2*1-11H,(H,14,15);2*1H;/q;;;;+2/p-2. The maximum atomic E-state index is 4.73. The third kappa shape index (κ3) is 12.5. The molecular weight excluding hydrogens is 498 g/mol. The van der Waals surface area contributed by atoms with E-state index in [1.54, 1.807) is 12.7 Å². The summed E-state index contributed by atoms with van der Waals surface area (Å²) in [7, 11) is 9.47. The van der Waals surface area contributed by atoms with Gasteiger partial charge in [0.25, 0.3) is 0 Å². The van der Waals surface area contributed by atoms with E-state index in [1.807, 2.05) is 121 Å². The zero-order valence-corrected chi connectivity index (χ0v) is 20.2. The molecular formula is C26H24Cl2CoN4. The van der Waals surface area contributed by atoms with Gasteiger partial charge in [0.2, 0.25) is 0 Å². The fourth-order valence-corrected chi connectivity index (χ4v) is 2.46. The summed E-state index contributed by atoms with van der Waals surface area (Å²) in [4.78, 5) is 8.53. The Morgan fingerprint density at radius 3 is 1.06 bits per heavy atom. The van der Waals surface area contributed by atoms with Gasteiger partial charge in [0.15, 0.2) is 0 Å². The first kappa shape index (κ1) is 26.2. The van der Waals surface area contributed by atoms with Crippen LogP contribution in [0.2, 0.25) is 0 Å². The molecule has 4 rings (SSSR count). The molecule has 0 saturated heterocycles. The molecule has 0 aromatic heterocycles. The van der Waals surface area contributed by atoms with Crippen molar-refractivity contribution in [1.29, 1.82) is 0 Å². The third-order valence-corrected chi connectivity index (χ3v) is 3.95. The first-order chi connectivity index (χ1) is 16.3. The molecule has 0 spiro atoms. The van der Waals surface area contributed by atoms with Crippen molar-refractivity contribution in [2.24, 2.45) is 9.98 Å². The molecule has 171 valence electrons. The number of hydrogen-bond acceptors (Lipinski definition) is 2. The van der Waals surface area contributed by atoms with Gasteiger partial charge in [0.1, 0.15) is 0 Å². The Balaban J connectivity index is 0.000000209. The number of rotatable bonds is 6. The summed E-state index contributed by atoms with van der Waals surface area (Å²) < 4.78 is 0. The number of para-hydroxylation sites is 4. The summed E-state index contributed by atoms with van der Waals surface area (Å²) in [6.07, 6.45) is 3.40. The van der Waals surface area contributed by atoms with E-state index < -0.39 is 0 Å². The van der Waals surface area contributed by atoms with Crippen LogP contribution in [0.5, 0.6) is 0 Å². The Hall–Kier alpha value is -3.09. The van der Waals surface area contributed by atoms with E-state index in [9.17, 15) is 0 Å². The normalized spacial score (nSPS) is 10.1. The summed E-state index contributed by atoms with van der Waals surface area (Å²) in [5.74, 6) is 0. The van der Waals surface area contributed by atoms with E-state index in [4.69, 9.17) is 20.3 Å². The van der Waals surface area contributed by atoms with Crippen LogP contribution in [0.4, 0.5) is 22.7 Å². The quantitative estimate of drug-likeness (QED) is 0.198. The van der Waals surface area contributed by atoms with E-state index in [0.29, 0.717) is 12.9 Å². The molecule has 0 radical (unpaired) electrons. The Kier molecular flexibility index (Phi) is 13.8. The van der Waals surface area contributed by atoms with Crippen molar-refractivity contribution in [3.8, 4) is 0 Å². The fraction of sp³-hybridized carbons (Fsp3) is 0. The third-order valence-electron chi connectivity index (χ3n) is 3.95. The molecule has 0 saturated carbocycles. The maximum absolute atomic E-state index is 4.73. The van der Waals surface area contributed by atoms with Crippen molar-refractivity contribution < 1.29 is 12.9 Å². The molecule has 0 amide bonds. The average Bonchev–Trinajstić information content (AvgIpc) is 2.88. The molecule has 0 unspecified atom stereocenters. The molecule has 2 N–H and O–H groups in total. The first-order valence-corrected chi connectivity index (χ1v) is 12.8. The number of halogens is 2. The zero-order chi connectivity index (χ0) is 23.4. The summed E-state index contributed by atoms with van der Waals surface area (Å²) in [5, 5.41) is 6.20. The van der Waals surface area contributed by atoms with Gasteiger partial charge in [0.05, 0.1) is 24.1 Å². The molecule has 0 bridgehead atoms. The van der Waals surface area contributed by atoms with Crippen molar-refractivity contribution in [3.63, 3.8) is 0 Å². The predicted octanol–water partition coefficient (Wildman–Crippen LogP) is 8.29. The number of benzene rings is 4. The fourth-order valence-electron chi connectivity index (χ4n) is 2.46. The Morgan fingerprint density at radius 2 is 0.758 bits per heavy atom. The Morgan fingerprint density at radius 1 is 0.485 bits per heavy atom. The molecule has 7 heteroatoms. The summed E-state index contributed by atoms with van der Waals surface area (Å²) in [5.41, 5.74) is 3.97. The zero-order valence-electron chi connectivity index (χ0n) is 17.7. The Labute approximate surface area is 209 Å². The molecule has 0 atom stereocenters. The van der Waals surface area contributed by atoms with Gasteiger partial charge < -0.3 is 10.6 Å². The van der Waals surface area contributed by atoms with Gasteiger partial charge >= 0.3 is 33.2 Å². The second kappa shape index (κ2) is 17.5. The number of hydrogen-bond donors (Lipinski definition) is 2. The number of nitrogens with one attached hydrogen (secondary N) is 2. The van der Waals surface area contributed by atoms with Gasteiger partial charge in [-0.1, -0.05) is 72.8 Å². The van der Waals surface area contributed by atoms with Gasteiger partial charge in [0, 0.05) is 11.4 Å². The molecule has 0 aliphatic heterocycles. The van der Waals surface area contributed by atoms with Crippen molar-refractivity contribution in [3.05, 3.63) is 121 Å². The number of nitrogens with zero attached hydrogens (tertiary/aromatic N) is 2. The van der Waals surface area contributed by atoms with Crippen molar-refractivity contribution in [2.75, 3.05) is 10.6 Å². The van der Waals surface area contributed by atoms with Gasteiger partial charge in [-0.15, -0.1) is 0 Å². The minimum absolute atomic E-state index is 0.382. The van der Waals surface area contributed by atoms with Crippen LogP contribution >= 0.6 is 20.3 Å². The van der Waals surface area contributed by atoms with Gasteiger partial charge in [-0.3, -0.25) is 0 Å². The molecule has 0 aliphatic carbocycles. The van der Waals surface area contributed by atoms with Crippen LogP contribution in [0.1, 0.15) is 0 Å². The topological polar surface area (TPSA) is 48.8 Å². The first-order valence-electron chi connectivity index (χ1n) is 9.94. The molecule has 0 heterocycles.